The van der Waals surface area contributed by atoms with Gasteiger partial charge in [0.15, 0.2) is 16.1 Å². The number of aromatic nitrogens is 2. The molecule has 60 valence electrons. The molecule has 1 rings (SSSR count). The van der Waals surface area contributed by atoms with Gasteiger partial charge in [0.05, 0.1) is 7.11 Å². The first-order valence-corrected chi connectivity index (χ1v) is 3.64. The summed E-state index contributed by atoms with van der Waals surface area (Å²) in [4.78, 5) is 0. The third kappa shape index (κ3) is 1.54. The van der Waals surface area contributed by atoms with Crippen LogP contribution in [0.4, 0.5) is 0 Å². The van der Waals surface area contributed by atoms with Gasteiger partial charge in [0.1, 0.15) is 0 Å². The Morgan fingerprint density at radius 3 is 2.18 bits per heavy atom. The Kier molecular flexibility index (Phi) is 2.52. The highest BCUT2D eigenvalue weighted by Crippen LogP contribution is 2.28. The lowest BCUT2D eigenvalue weighted by Crippen LogP contribution is -1.94. The molecule has 0 amide bonds. The van der Waals surface area contributed by atoms with Gasteiger partial charge >= 0.3 is 0 Å². The first-order valence-electron chi connectivity index (χ1n) is 2.89. The van der Waals surface area contributed by atoms with Crippen LogP contribution < -0.4 is 4.74 Å². The second-order valence-electron chi connectivity index (χ2n) is 1.94. The fourth-order valence-corrected chi connectivity index (χ4v) is 1.07. The molecule has 0 aliphatic rings. The van der Waals surface area contributed by atoms with Crippen LogP contribution in [0, 0.1) is 6.92 Å². The van der Waals surface area contributed by atoms with Crippen molar-refractivity contribution >= 4 is 23.2 Å². The fraction of sp³-hybridized carbons (Fsp3) is 0.333. The summed E-state index contributed by atoms with van der Waals surface area (Å²) in [6.07, 6.45) is 0. The molecule has 0 radical (unpaired) electrons. The molecule has 0 spiro atoms. The third-order valence-electron chi connectivity index (χ3n) is 1.27. The van der Waals surface area contributed by atoms with Gasteiger partial charge in [-0.2, -0.15) is 0 Å². The Morgan fingerprint density at radius 2 is 1.73 bits per heavy atom. The highest BCUT2D eigenvalue weighted by atomic mass is 35.5. The van der Waals surface area contributed by atoms with E-state index in [0.717, 1.165) is 0 Å². The number of ether oxygens (including phenoxy) is 1. The van der Waals surface area contributed by atoms with Crippen LogP contribution in [-0.4, -0.2) is 17.3 Å². The second-order valence-corrected chi connectivity index (χ2v) is 2.66. The molecule has 0 aliphatic carbocycles. The Bertz CT molecular complexity index is 278. The van der Waals surface area contributed by atoms with E-state index in [1.54, 1.807) is 6.92 Å². The van der Waals surface area contributed by atoms with Crippen molar-refractivity contribution in [3.63, 3.8) is 0 Å². The average Bonchev–Trinajstić information content (AvgIpc) is 1.99. The van der Waals surface area contributed by atoms with E-state index in [-0.39, 0.29) is 5.15 Å². The van der Waals surface area contributed by atoms with Crippen molar-refractivity contribution < 1.29 is 4.74 Å². The maximum Gasteiger partial charge on any atom is 0.194 e. The van der Waals surface area contributed by atoms with Crippen molar-refractivity contribution in [2.75, 3.05) is 7.11 Å². The summed E-state index contributed by atoms with van der Waals surface area (Å²) in [5.41, 5.74) is 0.703. The monoisotopic (exact) mass is 192 g/mol. The molecule has 0 saturated carbocycles. The van der Waals surface area contributed by atoms with Gasteiger partial charge in [0, 0.05) is 5.56 Å². The normalized spacial score (nSPS) is 9.82. The molecule has 3 nitrogen and oxygen atoms in total. The summed E-state index contributed by atoms with van der Waals surface area (Å²) < 4.78 is 4.94. The van der Waals surface area contributed by atoms with Crippen LogP contribution in [0.25, 0.3) is 0 Å². The van der Waals surface area contributed by atoms with E-state index in [4.69, 9.17) is 27.9 Å². The number of rotatable bonds is 1. The molecule has 0 aromatic carbocycles. The van der Waals surface area contributed by atoms with Crippen LogP contribution >= 0.6 is 23.2 Å². The van der Waals surface area contributed by atoms with Gasteiger partial charge in [-0.05, 0) is 6.92 Å². The molecule has 0 bridgehead atoms. The molecule has 11 heavy (non-hydrogen) atoms. The zero-order valence-corrected chi connectivity index (χ0v) is 7.57. The highest BCUT2D eigenvalue weighted by molar-refractivity contribution is 6.33. The molecule has 0 atom stereocenters. The molecule has 0 aliphatic heterocycles. The van der Waals surface area contributed by atoms with Crippen molar-refractivity contribution in [1.29, 1.82) is 0 Å². The quantitative estimate of drug-likeness (QED) is 0.684. The van der Waals surface area contributed by atoms with Gasteiger partial charge in [0.2, 0.25) is 0 Å². The molecule has 5 heteroatoms. The first kappa shape index (κ1) is 8.56. The number of hydrogen-bond acceptors (Lipinski definition) is 3. The lowest BCUT2D eigenvalue weighted by molar-refractivity contribution is 0.408. The molecular weight excluding hydrogens is 187 g/mol. The second kappa shape index (κ2) is 3.24. The van der Waals surface area contributed by atoms with E-state index in [2.05, 4.69) is 10.2 Å². The van der Waals surface area contributed by atoms with Crippen molar-refractivity contribution in [2.45, 2.75) is 6.92 Å². The van der Waals surface area contributed by atoms with Crippen LogP contribution in [0.3, 0.4) is 0 Å². The van der Waals surface area contributed by atoms with Crippen LogP contribution in [0.2, 0.25) is 10.3 Å². The summed E-state index contributed by atoms with van der Waals surface area (Å²) >= 11 is 11.3. The van der Waals surface area contributed by atoms with E-state index >= 15 is 0 Å². The Balaban J connectivity index is 3.29. The first-order chi connectivity index (χ1) is 5.16. The Hall–Kier alpha value is -0.540. The minimum Gasteiger partial charge on any atom is -0.493 e. The van der Waals surface area contributed by atoms with Gasteiger partial charge in [-0.15, -0.1) is 10.2 Å². The van der Waals surface area contributed by atoms with Crippen LogP contribution in [0.1, 0.15) is 5.56 Å². The maximum atomic E-state index is 5.65. The predicted octanol–water partition coefficient (Wildman–Crippen LogP) is 2.10. The number of hydrogen-bond donors (Lipinski definition) is 0. The lowest BCUT2D eigenvalue weighted by atomic mass is 10.3. The van der Waals surface area contributed by atoms with E-state index < -0.39 is 0 Å². The average molecular weight is 193 g/mol. The molecule has 0 N–H and O–H groups in total. The van der Waals surface area contributed by atoms with Gasteiger partial charge in [-0.25, -0.2) is 0 Å². The van der Waals surface area contributed by atoms with E-state index in [1.807, 2.05) is 0 Å². The highest BCUT2D eigenvalue weighted by Gasteiger charge is 2.09. The Labute approximate surface area is 74.3 Å². The van der Waals surface area contributed by atoms with Crippen LogP contribution in [0.5, 0.6) is 5.75 Å². The summed E-state index contributed by atoms with van der Waals surface area (Å²) in [6.45, 7) is 1.77. The molecular formula is C6H6Cl2N2O. The largest absolute Gasteiger partial charge is 0.493 e. The molecule has 1 aromatic heterocycles. The Morgan fingerprint density at radius 1 is 1.18 bits per heavy atom. The predicted molar refractivity (Wildman–Crippen MR) is 43.3 cm³/mol. The lowest BCUT2D eigenvalue weighted by Gasteiger charge is -2.04. The molecule has 0 unspecified atom stereocenters. The molecule has 0 fully saturated rings. The number of halogens is 2. The van der Waals surface area contributed by atoms with E-state index in [1.165, 1.54) is 7.11 Å². The fourth-order valence-electron chi connectivity index (χ4n) is 0.694. The van der Waals surface area contributed by atoms with Crippen LogP contribution in [-0.2, 0) is 0 Å². The topological polar surface area (TPSA) is 35.0 Å². The SMILES string of the molecule is COc1c(Cl)nnc(Cl)c1C. The van der Waals surface area contributed by atoms with E-state index in [9.17, 15) is 0 Å². The van der Waals surface area contributed by atoms with Crippen LogP contribution in [0.15, 0.2) is 0 Å². The smallest absolute Gasteiger partial charge is 0.194 e. The molecule has 1 heterocycles. The van der Waals surface area contributed by atoms with Gasteiger partial charge < -0.3 is 4.74 Å². The minimum atomic E-state index is 0.231. The summed E-state index contributed by atoms with van der Waals surface area (Å²) in [5.74, 6) is 0.478. The zero-order valence-electron chi connectivity index (χ0n) is 6.06. The summed E-state index contributed by atoms with van der Waals surface area (Å²) in [5, 5.41) is 7.70. The molecule has 1 aromatic rings. The van der Waals surface area contributed by atoms with E-state index in [0.29, 0.717) is 16.5 Å². The van der Waals surface area contributed by atoms with Gasteiger partial charge in [0.25, 0.3) is 0 Å². The van der Waals surface area contributed by atoms with Crippen molar-refractivity contribution in [3.05, 3.63) is 15.9 Å². The number of nitrogens with zero attached hydrogens (tertiary/aromatic N) is 2. The standard InChI is InChI=1S/C6H6Cl2N2O/c1-3-4(11-2)6(8)10-9-5(3)7/h1-2H3. The third-order valence-corrected chi connectivity index (χ3v) is 1.87. The van der Waals surface area contributed by atoms with Gasteiger partial charge in [-0.1, -0.05) is 23.2 Å². The number of methoxy groups -OCH3 is 1. The maximum absolute atomic E-state index is 5.65. The molecule has 0 saturated heterocycles. The van der Waals surface area contributed by atoms with Gasteiger partial charge in [-0.3, -0.25) is 0 Å². The summed E-state index contributed by atoms with van der Waals surface area (Å²) in [7, 11) is 1.51. The van der Waals surface area contributed by atoms with Crippen molar-refractivity contribution in [1.82, 2.24) is 10.2 Å². The summed E-state index contributed by atoms with van der Waals surface area (Å²) in [6, 6.07) is 0. The van der Waals surface area contributed by atoms with Crippen molar-refractivity contribution in [3.8, 4) is 5.75 Å². The minimum absolute atomic E-state index is 0.231. The van der Waals surface area contributed by atoms with Crippen molar-refractivity contribution in [2.24, 2.45) is 0 Å². The zero-order chi connectivity index (χ0) is 8.43.